The lowest BCUT2D eigenvalue weighted by atomic mass is 10.4. The van der Waals surface area contributed by atoms with Gasteiger partial charge in [0.05, 0.1) is 6.61 Å². The predicted molar refractivity (Wildman–Crippen MR) is 66.7 cm³/mol. The van der Waals surface area contributed by atoms with E-state index in [1.54, 1.807) is 7.11 Å². The van der Waals surface area contributed by atoms with Crippen molar-refractivity contribution < 1.29 is 4.74 Å². The molecule has 0 bridgehead atoms. The second-order valence-electron chi connectivity index (χ2n) is 3.88. The van der Waals surface area contributed by atoms with E-state index in [0.29, 0.717) is 18.4 Å². The maximum absolute atomic E-state index is 5.78. The molecule has 1 aromatic heterocycles. The van der Waals surface area contributed by atoms with Crippen LogP contribution in [0.5, 0.6) is 0 Å². The number of halogens is 1. The monoisotopic (exact) mass is 261 g/mol. The molecule has 0 aromatic carbocycles. The minimum absolute atomic E-state index is 0.599. The van der Waals surface area contributed by atoms with Gasteiger partial charge in [-0.25, -0.2) is 4.98 Å². The molecule has 1 heterocycles. The molecule has 1 aromatic rings. The van der Waals surface area contributed by atoms with Gasteiger partial charge < -0.3 is 9.64 Å². The molecule has 1 aliphatic rings. The van der Waals surface area contributed by atoms with Crippen LogP contribution in [-0.2, 0) is 4.74 Å². The zero-order chi connectivity index (χ0) is 11.4. The number of ether oxygens (including phenoxy) is 1. The Kier molecular flexibility index (Phi) is 4.37. The third kappa shape index (κ3) is 3.06. The SMILES string of the molecule is COCCN(CCCl)c1nc(C2CC2)ns1. The number of hydrogen-bond donors (Lipinski definition) is 0. The third-order valence-corrected chi connectivity index (χ3v) is 3.52. The second-order valence-corrected chi connectivity index (χ2v) is 4.99. The normalized spacial score (nSPS) is 15.4. The van der Waals surface area contributed by atoms with E-state index in [1.165, 1.54) is 24.4 Å². The van der Waals surface area contributed by atoms with Crippen LogP contribution in [0.3, 0.4) is 0 Å². The summed E-state index contributed by atoms with van der Waals surface area (Å²) in [6.45, 7) is 2.31. The number of hydrogen-bond acceptors (Lipinski definition) is 5. The van der Waals surface area contributed by atoms with Gasteiger partial charge in [-0.05, 0) is 12.8 Å². The summed E-state index contributed by atoms with van der Waals surface area (Å²) >= 11 is 7.25. The molecule has 0 radical (unpaired) electrons. The first kappa shape index (κ1) is 12.1. The Balaban J connectivity index is 1.98. The highest BCUT2D eigenvalue weighted by atomic mass is 35.5. The predicted octanol–water partition coefficient (Wildman–Crippen LogP) is 2.11. The summed E-state index contributed by atoms with van der Waals surface area (Å²) in [6.07, 6.45) is 2.48. The second kappa shape index (κ2) is 5.80. The summed E-state index contributed by atoms with van der Waals surface area (Å²) in [4.78, 5) is 6.70. The topological polar surface area (TPSA) is 38.2 Å². The Morgan fingerprint density at radius 1 is 1.50 bits per heavy atom. The Labute approximate surface area is 105 Å². The fourth-order valence-corrected chi connectivity index (χ4v) is 2.47. The smallest absolute Gasteiger partial charge is 0.205 e. The van der Waals surface area contributed by atoms with Crippen molar-refractivity contribution in [2.75, 3.05) is 37.6 Å². The Bertz CT molecular complexity index is 330. The molecule has 1 aliphatic carbocycles. The van der Waals surface area contributed by atoms with Gasteiger partial charge in [-0.1, -0.05) is 0 Å². The Morgan fingerprint density at radius 2 is 2.31 bits per heavy atom. The standard InChI is InChI=1S/C10H16ClN3OS/c1-15-7-6-14(5-4-11)10-12-9(13-16-10)8-2-3-8/h8H,2-7H2,1H3. The van der Waals surface area contributed by atoms with Crippen LogP contribution in [-0.4, -0.2) is 42.0 Å². The summed E-state index contributed by atoms with van der Waals surface area (Å²) in [5.74, 6) is 2.23. The van der Waals surface area contributed by atoms with Crippen LogP contribution in [0.2, 0.25) is 0 Å². The maximum Gasteiger partial charge on any atom is 0.205 e. The molecule has 1 fully saturated rings. The molecule has 0 atom stereocenters. The summed E-state index contributed by atoms with van der Waals surface area (Å²) in [5.41, 5.74) is 0. The van der Waals surface area contributed by atoms with E-state index in [0.717, 1.165) is 24.0 Å². The fourth-order valence-electron chi connectivity index (χ4n) is 1.47. The van der Waals surface area contributed by atoms with Crippen molar-refractivity contribution in [3.05, 3.63) is 5.82 Å². The minimum atomic E-state index is 0.599. The molecule has 0 amide bonds. The lowest BCUT2D eigenvalue weighted by molar-refractivity contribution is 0.205. The number of methoxy groups -OCH3 is 1. The van der Waals surface area contributed by atoms with Crippen molar-refractivity contribution in [3.63, 3.8) is 0 Å². The van der Waals surface area contributed by atoms with E-state index in [-0.39, 0.29) is 0 Å². The molecular weight excluding hydrogens is 246 g/mol. The van der Waals surface area contributed by atoms with Crippen molar-refractivity contribution in [2.24, 2.45) is 0 Å². The van der Waals surface area contributed by atoms with Gasteiger partial charge in [-0.3, -0.25) is 0 Å². The first-order valence-electron chi connectivity index (χ1n) is 5.48. The van der Waals surface area contributed by atoms with E-state index in [9.17, 15) is 0 Å². The third-order valence-electron chi connectivity index (χ3n) is 2.56. The van der Waals surface area contributed by atoms with Gasteiger partial charge in [0.1, 0.15) is 5.82 Å². The molecule has 4 nitrogen and oxygen atoms in total. The van der Waals surface area contributed by atoms with Crippen LogP contribution in [0, 0.1) is 0 Å². The molecule has 0 spiro atoms. The van der Waals surface area contributed by atoms with Crippen LogP contribution in [0.25, 0.3) is 0 Å². The van der Waals surface area contributed by atoms with Crippen LogP contribution in [0.15, 0.2) is 0 Å². The zero-order valence-corrected chi connectivity index (χ0v) is 10.9. The summed E-state index contributed by atoms with van der Waals surface area (Å²) in [5, 5.41) is 0.972. The first-order chi connectivity index (χ1) is 7.85. The summed E-state index contributed by atoms with van der Waals surface area (Å²) < 4.78 is 9.47. The van der Waals surface area contributed by atoms with Crippen LogP contribution >= 0.6 is 23.1 Å². The zero-order valence-electron chi connectivity index (χ0n) is 9.36. The van der Waals surface area contributed by atoms with Crippen molar-refractivity contribution in [3.8, 4) is 0 Å². The first-order valence-corrected chi connectivity index (χ1v) is 6.79. The molecule has 0 unspecified atom stereocenters. The van der Waals surface area contributed by atoms with Gasteiger partial charge in [0, 0.05) is 43.5 Å². The molecule has 0 aliphatic heterocycles. The lowest BCUT2D eigenvalue weighted by Crippen LogP contribution is -2.29. The molecule has 6 heteroatoms. The van der Waals surface area contributed by atoms with Crippen molar-refractivity contribution in [1.29, 1.82) is 0 Å². The Morgan fingerprint density at radius 3 is 2.94 bits per heavy atom. The van der Waals surface area contributed by atoms with Gasteiger partial charge in [-0.15, -0.1) is 11.6 Å². The molecular formula is C10H16ClN3OS. The molecule has 16 heavy (non-hydrogen) atoms. The van der Waals surface area contributed by atoms with Gasteiger partial charge in [0.2, 0.25) is 5.13 Å². The number of anilines is 1. The number of rotatable bonds is 7. The molecule has 0 N–H and O–H groups in total. The maximum atomic E-state index is 5.78. The Hall–Kier alpha value is -0.390. The molecule has 90 valence electrons. The average Bonchev–Trinajstić information content (AvgIpc) is 3.03. The summed E-state index contributed by atoms with van der Waals surface area (Å²) in [7, 11) is 1.70. The average molecular weight is 262 g/mol. The number of aromatic nitrogens is 2. The van der Waals surface area contributed by atoms with Gasteiger partial charge >= 0.3 is 0 Å². The molecule has 1 saturated carbocycles. The fraction of sp³-hybridized carbons (Fsp3) is 0.800. The molecule has 2 rings (SSSR count). The highest BCUT2D eigenvalue weighted by Gasteiger charge is 2.28. The van der Waals surface area contributed by atoms with Gasteiger partial charge in [0.25, 0.3) is 0 Å². The van der Waals surface area contributed by atoms with E-state index in [4.69, 9.17) is 16.3 Å². The van der Waals surface area contributed by atoms with Crippen LogP contribution in [0.4, 0.5) is 5.13 Å². The van der Waals surface area contributed by atoms with E-state index >= 15 is 0 Å². The van der Waals surface area contributed by atoms with Crippen molar-refractivity contribution in [2.45, 2.75) is 18.8 Å². The minimum Gasteiger partial charge on any atom is -0.383 e. The van der Waals surface area contributed by atoms with E-state index in [2.05, 4.69) is 14.3 Å². The van der Waals surface area contributed by atoms with E-state index < -0.39 is 0 Å². The highest BCUT2D eigenvalue weighted by molar-refractivity contribution is 7.09. The quantitative estimate of drug-likeness (QED) is 0.705. The highest BCUT2D eigenvalue weighted by Crippen LogP contribution is 2.39. The van der Waals surface area contributed by atoms with Gasteiger partial charge in [0.15, 0.2) is 0 Å². The van der Waals surface area contributed by atoms with Gasteiger partial charge in [-0.2, -0.15) is 4.37 Å². The molecule has 0 saturated heterocycles. The van der Waals surface area contributed by atoms with Crippen molar-refractivity contribution in [1.82, 2.24) is 9.36 Å². The van der Waals surface area contributed by atoms with Crippen molar-refractivity contribution >= 4 is 28.3 Å². The van der Waals surface area contributed by atoms with E-state index in [1.807, 2.05) is 0 Å². The number of nitrogens with zero attached hydrogens (tertiary/aromatic N) is 3. The summed E-state index contributed by atoms with van der Waals surface area (Å²) in [6, 6.07) is 0. The largest absolute Gasteiger partial charge is 0.383 e. The number of alkyl halides is 1. The lowest BCUT2D eigenvalue weighted by Gasteiger charge is -2.19. The van der Waals surface area contributed by atoms with Crippen LogP contribution < -0.4 is 4.90 Å². The van der Waals surface area contributed by atoms with Crippen LogP contribution in [0.1, 0.15) is 24.6 Å².